The fraction of sp³-hybridized carbons (Fsp3) is 0.526. The van der Waals surface area contributed by atoms with Crippen LogP contribution in [0.25, 0.3) is 11.0 Å². The number of nitrogens with zero attached hydrogens (tertiary/aromatic N) is 1. The van der Waals surface area contributed by atoms with Crippen molar-refractivity contribution in [2.24, 2.45) is 0 Å². The number of rotatable bonds is 4. The van der Waals surface area contributed by atoms with Crippen LogP contribution in [0.2, 0.25) is 0 Å². The molecule has 1 amide bonds. The van der Waals surface area contributed by atoms with Gasteiger partial charge in [0.25, 0.3) is 0 Å². The van der Waals surface area contributed by atoms with Gasteiger partial charge in [0.15, 0.2) is 0 Å². The summed E-state index contributed by atoms with van der Waals surface area (Å²) in [6, 6.07) is 4.76. The third-order valence-corrected chi connectivity index (χ3v) is 5.35. The number of likely N-dealkylation sites (tertiary alicyclic amines) is 1. The molecule has 1 atom stereocenters. The van der Waals surface area contributed by atoms with E-state index in [2.05, 4.69) is 17.4 Å². The quantitative estimate of drug-likeness (QED) is 0.923. The lowest BCUT2D eigenvalue weighted by Gasteiger charge is -2.24. The molecule has 0 spiro atoms. The van der Waals surface area contributed by atoms with Crippen LogP contribution in [0.4, 0.5) is 0 Å². The minimum absolute atomic E-state index is 0. The van der Waals surface area contributed by atoms with Gasteiger partial charge >= 0.3 is 0 Å². The molecule has 130 valence electrons. The normalized spacial score (nSPS) is 19.5. The Kier molecular flexibility index (Phi) is 5.16. The number of carbonyl (C=O) groups is 1. The highest BCUT2D eigenvalue weighted by molar-refractivity contribution is 5.89. The third-order valence-electron chi connectivity index (χ3n) is 5.35. The van der Waals surface area contributed by atoms with Crippen LogP contribution in [-0.2, 0) is 24.1 Å². The van der Waals surface area contributed by atoms with Gasteiger partial charge in [0.05, 0.1) is 12.7 Å². The molecule has 5 heteroatoms. The zero-order valence-corrected chi connectivity index (χ0v) is 15.0. The van der Waals surface area contributed by atoms with Crippen LogP contribution in [0.5, 0.6) is 0 Å². The standard InChI is InChI=1S/C19H24N2O2.ClH/c1-20-11-16-6-3-7-21(16)19(22)10-15-12-23-18-9-14-5-2-4-13(14)8-17(15)18;/h8-9,12,16,20H,2-7,10-11H2,1H3;1H. The molecule has 1 aliphatic heterocycles. The number of aryl methyl sites for hydroxylation is 2. The summed E-state index contributed by atoms with van der Waals surface area (Å²) in [6.45, 7) is 1.77. The van der Waals surface area contributed by atoms with Gasteiger partial charge < -0.3 is 14.6 Å². The molecule has 24 heavy (non-hydrogen) atoms. The molecule has 1 aromatic heterocycles. The topological polar surface area (TPSA) is 45.5 Å². The molecule has 4 rings (SSSR count). The van der Waals surface area contributed by atoms with Crippen molar-refractivity contribution in [3.63, 3.8) is 0 Å². The molecule has 1 aromatic carbocycles. The smallest absolute Gasteiger partial charge is 0.227 e. The van der Waals surface area contributed by atoms with E-state index in [-0.39, 0.29) is 18.3 Å². The Morgan fingerprint density at radius 3 is 2.88 bits per heavy atom. The molecule has 0 saturated carbocycles. The van der Waals surface area contributed by atoms with Crippen LogP contribution < -0.4 is 5.32 Å². The maximum absolute atomic E-state index is 12.7. The molecular formula is C19H25ClN2O2. The van der Waals surface area contributed by atoms with Gasteiger partial charge in [-0.25, -0.2) is 0 Å². The summed E-state index contributed by atoms with van der Waals surface area (Å²) >= 11 is 0. The van der Waals surface area contributed by atoms with E-state index in [1.54, 1.807) is 6.26 Å². The Balaban J connectivity index is 0.00000169. The number of carbonyl (C=O) groups excluding carboxylic acids is 1. The van der Waals surface area contributed by atoms with Gasteiger partial charge in [-0.2, -0.15) is 0 Å². The van der Waals surface area contributed by atoms with E-state index in [0.29, 0.717) is 12.5 Å². The van der Waals surface area contributed by atoms with Crippen molar-refractivity contribution in [3.05, 3.63) is 35.1 Å². The molecule has 0 radical (unpaired) electrons. The highest BCUT2D eigenvalue weighted by Gasteiger charge is 2.28. The summed E-state index contributed by atoms with van der Waals surface area (Å²) < 4.78 is 5.73. The van der Waals surface area contributed by atoms with Gasteiger partial charge in [-0.05, 0) is 62.4 Å². The first-order chi connectivity index (χ1) is 11.3. The molecular weight excluding hydrogens is 324 g/mol. The van der Waals surface area contributed by atoms with E-state index < -0.39 is 0 Å². The van der Waals surface area contributed by atoms with Crippen molar-refractivity contribution >= 4 is 29.3 Å². The van der Waals surface area contributed by atoms with Crippen molar-refractivity contribution in [2.75, 3.05) is 20.1 Å². The lowest BCUT2D eigenvalue weighted by molar-refractivity contribution is -0.131. The van der Waals surface area contributed by atoms with Gasteiger partial charge in [0.1, 0.15) is 5.58 Å². The van der Waals surface area contributed by atoms with Crippen molar-refractivity contribution < 1.29 is 9.21 Å². The molecule has 1 fully saturated rings. The molecule has 4 nitrogen and oxygen atoms in total. The third kappa shape index (κ3) is 3.05. The molecule has 1 aliphatic carbocycles. The second-order valence-electron chi connectivity index (χ2n) is 6.85. The van der Waals surface area contributed by atoms with E-state index in [4.69, 9.17) is 4.42 Å². The number of benzene rings is 1. The summed E-state index contributed by atoms with van der Waals surface area (Å²) in [5.41, 5.74) is 4.82. The summed E-state index contributed by atoms with van der Waals surface area (Å²) in [7, 11) is 1.95. The maximum Gasteiger partial charge on any atom is 0.227 e. The zero-order chi connectivity index (χ0) is 15.8. The first-order valence-electron chi connectivity index (χ1n) is 8.72. The number of hydrogen-bond donors (Lipinski definition) is 1. The monoisotopic (exact) mass is 348 g/mol. The Labute approximate surface area is 149 Å². The number of hydrogen-bond acceptors (Lipinski definition) is 3. The van der Waals surface area contributed by atoms with Gasteiger partial charge in [-0.3, -0.25) is 4.79 Å². The summed E-state index contributed by atoms with van der Waals surface area (Å²) in [6.07, 6.45) is 7.98. The van der Waals surface area contributed by atoms with Gasteiger partial charge in [-0.1, -0.05) is 0 Å². The SMILES string of the molecule is CNCC1CCCN1C(=O)Cc1coc2cc3c(cc12)CCC3.Cl. The molecule has 2 aromatic rings. The van der Waals surface area contributed by atoms with E-state index in [9.17, 15) is 4.79 Å². The minimum atomic E-state index is 0. The number of nitrogens with one attached hydrogen (secondary N) is 1. The van der Waals surface area contributed by atoms with Crippen LogP contribution in [0.1, 0.15) is 36.0 Å². The number of likely N-dealkylation sites (N-methyl/N-ethyl adjacent to an activating group) is 1. The van der Waals surface area contributed by atoms with Crippen molar-refractivity contribution in [2.45, 2.75) is 44.6 Å². The van der Waals surface area contributed by atoms with Crippen molar-refractivity contribution in [3.8, 4) is 0 Å². The van der Waals surface area contributed by atoms with E-state index in [1.807, 2.05) is 11.9 Å². The average molecular weight is 349 g/mol. The molecule has 1 saturated heterocycles. The maximum atomic E-state index is 12.7. The predicted octanol–water partition coefficient (Wildman–Crippen LogP) is 3.10. The Bertz CT molecular complexity index is 740. The van der Waals surface area contributed by atoms with Crippen LogP contribution in [0, 0.1) is 0 Å². The zero-order valence-electron chi connectivity index (χ0n) is 14.1. The first kappa shape index (κ1) is 17.3. The lowest BCUT2D eigenvalue weighted by Crippen LogP contribution is -2.41. The average Bonchev–Trinajstić information content (AvgIpc) is 3.25. The summed E-state index contributed by atoms with van der Waals surface area (Å²) in [5, 5.41) is 4.33. The first-order valence-corrected chi connectivity index (χ1v) is 8.72. The Hall–Kier alpha value is -1.52. The van der Waals surface area contributed by atoms with E-state index in [1.165, 1.54) is 17.5 Å². The highest BCUT2D eigenvalue weighted by Crippen LogP contribution is 2.31. The second kappa shape index (κ2) is 7.16. The van der Waals surface area contributed by atoms with Crippen molar-refractivity contribution in [1.82, 2.24) is 10.2 Å². The Morgan fingerprint density at radius 1 is 1.29 bits per heavy atom. The van der Waals surface area contributed by atoms with Crippen molar-refractivity contribution in [1.29, 1.82) is 0 Å². The van der Waals surface area contributed by atoms with Gasteiger partial charge in [0, 0.05) is 30.1 Å². The van der Waals surface area contributed by atoms with E-state index in [0.717, 1.165) is 55.3 Å². The molecule has 1 unspecified atom stereocenters. The minimum Gasteiger partial charge on any atom is -0.464 e. The fourth-order valence-electron chi connectivity index (χ4n) is 4.16. The molecule has 2 aliphatic rings. The predicted molar refractivity (Wildman–Crippen MR) is 97.9 cm³/mol. The van der Waals surface area contributed by atoms with Crippen LogP contribution >= 0.6 is 12.4 Å². The Morgan fingerprint density at radius 2 is 2.08 bits per heavy atom. The molecule has 2 heterocycles. The number of furan rings is 1. The largest absolute Gasteiger partial charge is 0.464 e. The number of amides is 1. The van der Waals surface area contributed by atoms with Gasteiger partial charge in [0.2, 0.25) is 5.91 Å². The van der Waals surface area contributed by atoms with Crippen LogP contribution in [-0.4, -0.2) is 37.0 Å². The highest BCUT2D eigenvalue weighted by atomic mass is 35.5. The fourth-order valence-corrected chi connectivity index (χ4v) is 4.16. The molecule has 1 N–H and O–H groups in total. The number of fused-ring (bicyclic) bond motifs is 2. The van der Waals surface area contributed by atoms with Gasteiger partial charge in [-0.15, -0.1) is 12.4 Å². The summed E-state index contributed by atoms with van der Waals surface area (Å²) in [4.78, 5) is 14.8. The second-order valence-corrected chi connectivity index (χ2v) is 6.85. The lowest BCUT2D eigenvalue weighted by atomic mass is 10.0. The molecule has 0 bridgehead atoms. The summed E-state index contributed by atoms with van der Waals surface area (Å²) in [5.74, 6) is 0.228. The van der Waals surface area contributed by atoms with Crippen LogP contribution in [0.15, 0.2) is 22.8 Å². The van der Waals surface area contributed by atoms with Crippen LogP contribution in [0.3, 0.4) is 0 Å². The van der Waals surface area contributed by atoms with E-state index >= 15 is 0 Å². The number of halogens is 1.